The summed E-state index contributed by atoms with van der Waals surface area (Å²) >= 11 is 13.6. The number of nitro groups is 1. The first kappa shape index (κ1) is 15.4. The molecule has 1 amide bonds. The summed E-state index contributed by atoms with van der Waals surface area (Å²) in [4.78, 5) is 22.4. The summed E-state index contributed by atoms with van der Waals surface area (Å²) in [6, 6.07) is 2.35. The molecule has 1 atom stereocenters. The van der Waals surface area contributed by atoms with Crippen LogP contribution in [0.2, 0.25) is 10.0 Å². The van der Waals surface area contributed by atoms with Gasteiger partial charge in [0, 0.05) is 23.9 Å². The number of benzene rings is 1. The molecule has 0 saturated carbocycles. The van der Waals surface area contributed by atoms with Crippen molar-refractivity contribution in [2.45, 2.75) is 18.9 Å². The lowest BCUT2D eigenvalue weighted by atomic mass is 10.1. The summed E-state index contributed by atoms with van der Waals surface area (Å²) in [5.41, 5.74) is -0.205. The average Bonchev–Trinajstić information content (AvgIpc) is 2.42. The number of rotatable bonds is 3. The molecule has 1 N–H and O–H groups in total. The number of halogens is 2. The predicted molar refractivity (Wildman–Crippen MR) is 80.9 cm³/mol. The Bertz CT molecular complexity index is 548. The van der Waals surface area contributed by atoms with E-state index in [1.807, 2.05) is 0 Å². The van der Waals surface area contributed by atoms with E-state index in [0.29, 0.717) is 0 Å². The number of carbonyl (C=O) groups excluding carboxylic acids is 1. The Balaban J connectivity index is 2.21. The third-order valence-corrected chi connectivity index (χ3v) is 4.98. The van der Waals surface area contributed by atoms with Crippen LogP contribution in [0.4, 0.5) is 5.69 Å². The molecule has 1 aromatic carbocycles. The van der Waals surface area contributed by atoms with Gasteiger partial charge in [0.25, 0.3) is 11.6 Å². The summed E-state index contributed by atoms with van der Waals surface area (Å²) in [6.45, 7) is 0. The maximum atomic E-state index is 12.2. The molecule has 1 heterocycles. The standard InChI is InChI=1S/C12H12Cl2N2O3S/c13-10-5-8(16(18)19)4-9(11(10)14)12(17)15-7-2-1-3-20-6-7/h4-5,7H,1-3,6H2,(H,15,17). The summed E-state index contributed by atoms with van der Waals surface area (Å²) in [7, 11) is 0. The number of carbonyl (C=O) groups is 1. The molecular formula is C12H12Cl2N2O3S. The van der Waals surface area contributed by atoms with Crippen molar-refractivity contribution in [2.24, 2.45) is 0 Å². The molecule has 1 unspecified atom stereocenters. The smallest absolute Gasteiger partial charge is 0.271 e. The topological polar surface area (TPSA) is 72.2 Å². The summed E-state index contributed by atoms with van der Waals surface area (Å²) in [5.74, 6) is 1.51. The van der Waals surface area contributed by atoms with E-state index >= 15 is 0 Å². The van der Waals surface area contributed by atoms with Gasteiger partial charge < -0.3 is 5.32 Å². The highest BCUT2D eigenvalue weighted by Gasteiger charge is 2.22. The van der Waals surface area contributed by atoms with Crippen molar-refractivity contribution in [1.82, 2.24) is 5.32 Å². The van der Waals surface area contributed by atoms with Gasteiger partial charge in [-0.2, -0.15) is 11.8 Å². The van der Waals surface area contributed by atoms with E-state index in [4.69, 9.17) is 23.2 Å². The van der Waals surface area contributed by atoms with Gasteiger partial charge in [-0.05, 0) is 18.6 Å². The molecule has 0 bridgehead atoms. The van der Waals surface area contributed by atoms with E-state index in [1.165, 1.54) is 0 Å². The van der Waals surface area contributed by atoms with Crippen LogP contribution in [0.15, 0.2) is 12.1 Å². The zero-order valence-electron chi connectivity index (χ0n) is 10.4. The zero-order chi connectivity index (χ0) is 14.7. The SMILES string of the molecule is O=C(NC1CCCSC1)c1cc([N+](=O)[O-])cc(Cl)c1Cl. The molecule has 20 heavy (non-hydrogen) atoms. The Morgan fingerprint density at radius 1 is 1.45 bits per heavy atom. The van der Waals surface area contributed by atoms with Gasteiger partial charge in [-0.15, -0.1) is 0 Å². The van der Waals surface area contributed by atoms with Crippen LogP contribution in [0.1, 0.15) is 23.2 Å². The number of thioether (sulfide) groups is 1. The summed E-state index contributed by atoms with van der Waals surface area (Å²) in [6.07, 6.45) is 1.94. The third kappa shape index (κ3) is 3.56. The number of hydrogen-bond acceptors (Lipinski definition) is 4. The number of nitrogens with one attached hydrogen (secondary N) is 1. The van der Waals surface area contributed by atoms with E-state index in [0.717, 1.165) is 36.5 Å². The first-order valence-electron chi connectivity index (χ1n) is 6.01. The molecule has 2 rings (SSSR count). The molecule has 1 saturated heterocycles. The molecule has 1 aliphatic rings. The fraction of sp³-hybridized carbons (Fsp3) is 0.417. The Labute approximate surface area is 130 Å². The van der Waals surface area contributed by atoms with E-state index in [-0.39, 0.29) is 27.3 Å². The second kappa shape index (κ2) is 6.65. The highest BCUT2D eigenvalue weighted by Crippen LogP contribution is 2.31. The Morgan fingerprint density at radius 2 is 2.20 bits per heavy atom. The maximum Gasteiger partial charge on any atom is 0.271 e. The molecule has 1 aromatic rings. The minimum absolute atomic E-state index is 0.00374. The largest absolute Gasteiger partial charge is 0.348 e. The van der Waals surface area contributed by atoms with Crippen LogP contribution in [-0.4, -0.2) is 28.4 Å². The van der Waals surface area contributed by atoms with Crippen LogP contribution in [0.25, 0.3) is 0 Å². The van der Waals surface area contributed by atoms with Crippen molar-refractivity contribution in [1.29, 1.82) is 0 Å². The van der Waals surface area contributed by atoms with Crippen LogP contribution in [0.5, 0.6) is 0 Å². The van der Waals surface area contributed by atoms with Crippen LogP contribution < -0.4 is 5.32 Å². The predicted octanol–water partition coefficient (Wildman–Crippen LogP) is 3.53. The van der Waals surface area contributed by atoms with Crippen LogP contribution in [-0.2, 0) is 0 Å². The van der Waals surface area contributed by atoms with Crippen molar-refractivity contribution < 1.29 is 9.72 Å². The number of nitrogens with zero attached hydrogens (tertiary/aromatic N) is 1. The zero-order valence-corrected chi connectivity index (χ0v) is 12.7. The molecule has 0 aromatic heterocycles. The average molecular weight is 335 g/mol. The van der Waals surface area contributed by atoms with Gasteiger partial charge in [0.15, 0.2) is 0 Å². The van der Waals surface area contributed by atoms with E-state index in [1.54, 1.807) is 11.8 Å². The Kier molecular flexibility index (Phi) is 5.12. The summed E-state index contributed by atoms with van der Waals surface area (Å²) < 4.78 is 0. The van der Waals surface area contributed by atoms with Crippen molar-refractivity contribution in [3.8, 4) is 0 Å². The van der Waals surface area contributed by atoms with Gasteiger partial charge in [-0.3, -0.25) is 14.9 Å². The lowest BCUT2D eigenvalue weighted by molar-refractivity contribution is -0.384. The minimum Gasteiger partial charge on any atom is -0.348 e. The molecule has 0 aliphatic carbocycles. The molecule has 8 heteroatoms. The lowest BCUT2D eigenvalue weighted by Gasteiger charge is -2.22. The first-order valence-corrected chi connectivity index (χ1v) is 7.92. The highest BCUT2D eigenvalue weighted by molar-refractivity contribution is 7.99. The monoisotopic (exact) mass is 334 g/mol. The van der Waals surface area contributed by atoms with Crippen LogP contribution in [0.3, 0.4) is 0 Å². The van der Waals surface area contributed by atoms with Crippen LogP contribution in [0, 0.1) is 10.1 Å². The number of amides is 1. The molecule has 1 aliphatic heterocycles. The van der Waals surface area contributed by atoms with Gasteiger partial charge in [-0.1, -0.05) is 23.2 Å². The summed E-state index contributed by atoms with van der Waals surface area (Å²) in [5, 5.41) is 13.7. The maximum absolute atomic E-state index is 12.2. The Morgan fingerprint density at radius 3 is 2.80 bits per heavy atom. The molecule has 1 fully saturated rings. The second-order valence-electron chi connectivity index (χ2n) is 4.43. The minimum atomic E-state index is -0.602. The van der Waals surface area contributed by atoms with E-state index in [2.05, 4.69) is 5.32 Å². The molecule has 0 radical (unpaired) electrons. The third-order valence-electron chi connectivity index (χ3n) is 2.96. The number of nitro benzene ring substituents is 1. The first-order chi connectivity index (χ1) is 9.49. The van der Waals surface area contributed by atoms with Gasteiger partial charge >= 0.3 is 0 Å². The molecule has 0 spiro atoms. The fourth-order valence-electron chi connectivity index (χ4n) is 1.96. The second-order valence-corrected chi connectivity index (χ2v) is 6.37. The van der Waals surface area contributed by atoms with E-state index < -0.39 is 10.8 Å². The molecular weight excluding hydrogens is 323 g/mol. The molecule has 108 valence electrons. The van der Waals surface area contributed by atoms with Crippen LogP contribution >= 0.6 is 35.0 Å². The van der Waals surface area contributed by atoms with Crippen molar-refractivity contribution >= 4 is 46.6 Å². The lowest BCUT2D eigenvalue weighted by Crippen LogP contribution is -2.38. The number of hydrogen-bond donors (Lipinski definition) is 1. The van der Waals surface area contributed by atoms with Crippen molar-refractivity contribution in [2.75, 3.05) is 11.5 Å². The highest BCUT2D eigenvalue weighted by atomic mass is 35.5. The van der Waals surface area contributed by atoms with Crippen molar-refractivity contribution in [3.63, 3.8) is 0 Å². The fourth-order valence-corrected chi connectivity index (χ4v) is 3.44. The quantitative estimate of drug-likeness (QED) is 0.677. The Hall–Kier alpha value is -0.980. The van der Waals surface area contributed by atoms with Gasteiger partial charge in [0.1, 0.15) is 0 Å². The normalized spacial score (nSPS) is 18.6. The molecule has 5 nitrogen and oxygen atoms in total. The van der Waals surface area contributed by atoms with Gasteiger partial charge in [0.2, 0.25) is 0 Å². The number of non-ortho nitro benzene ring substituents is 1. The van der Waals surface area contributed by atoms with Gasteiger partial charge in [0.05, 0.1) is 20.5 Å². The van der Waals surface area contributed by atoms with Crippen molar-refractivity contribution in [3.05, 3.63) is 37.9 Å². The van der Waals surface area contributed by atoms with E-state index in [9.17, 15) is 14.9 Å². The van der Waals surface area contributed by atoms with Gasteiger partial charge in [-0.25, -0.2) is 0 Å².